The average molecular weight is 205 g/mol. The molecule has 1 aromatic heterocycles. The topological polar surface area (TPSA) is 56.9 Å². The molecule has 0 spiro atoms. The third kappa shape index (κ3) is 1.17. The van der Waals surface area contributed by atoms with Gasteiger partial charge >= 0.3 is 0 Å². The zero-order valence-corrected chi connectivity index (χ0v) is 7.78. The van der Waals surface area contributed by atoms with Gasteiger partial charge in [-0.25, -0.2) is 4.98 Å². The number of nitriles is 1. The highest BCUT2D eigenvalue weighted by atomic mass is 35.5. The van der Waals surface area contributed by atoms with Gasteiger partial charge in [-0.05, 0) is 6.07 Å². The summed E-state index contributed by atoms with van der Waals surface area (Å²) in [7, 11) is 0. The highest BCUT2D eigenvalue weighted by Gasteiger charge is 2.11. The van der Waals surface area contributed by atoms with E-state index in [0.717, 1.165) is 0 Å². The minimum Gasteiger partial charge on any atom is -0.504 e. The van der Waals surface area contributed by atoms with Gasteiger partial charge in [0.1, 0.15) is 6.07 Å². The molecule has 0 fully saturated rings. The quantitative estimate of drug-likeness (QED) is 0.717. The Morgan fingerprint density at radius 3 is 2.79 bits per heavy atom. The average Bonchev–Trinajstić information content (AvgIpc) is 2.23. The van der Waals surface area contributed by atoms with Crippen LogP contribution in [-0.4, -0.2) is 10.1 Å². The number of aromatic nitrogens is 1. The molecule has 0 amide bonds. The Labute approximate surface area is 85.2 Å². The third-order valence-corrected chi connectivity index (χ3v) is 2.29. The highest BCUT2D eigenvalue weighted by Crippen LogP contribution is 2.32. The van der Waals surface area contributed by atoms with E-state index >= 15 is 0 Å². The van der Waals surface area contributed by atoms with Gasteiger partial charge in [0.25, 0.3) is 0 Å². The summed E-state index contributed by atoms with van der Waals surface area (Å²) in [5, 5.41) is 19.0. The Morgan fingerprint density at radius 1 is 1.36 bits per heavy atom. The van der Waals surface area contributed by atoms with E-state index in [2.05, 4.69) is 4.98 Å². The maximum Gasteiger partial charge on any atom is 0.184 e. The van der Waals surface area contributed by atoms with Crippen LogP contribution in [0.2, 0.25) is 5.02 Å². The smallest absolute Gasteiger partial charge is 0.184 e. The summed E-state index contributed by atoms with van der Waals surface area (Å²) in [4.78, 5) is 3.96. The Balaban J connectivity index is 2.94. The van der Waals surface area contributed by atoms with E-state index in [1.807, 2.05) is 0 Å². The number of aromatic hydroxyl groups is 1. The van der Waals surface area contributed by atoms with E-state index in [-0.39, 0.29) is 16.5 Å². The Kier molecular flexibility index (Phi) is 1.99. The van der Waals surface area contributed by atoms with Crippen molar-refractivity contribution in [1.82, 2.24) is 4.98 Å². The van der Waals surface area contributed by atoms with Crippen molar-refractivity contribution in [2.75, 3.05) is 0 Å². The first-order chi connectivity index (χ1) is 6.74. The van der Waals surface area contributed by atoms with Crippen LogP contribution in [0.3, 0.4) is 0 Å². The van der Waals surface area contributed by atoms with Crippen LogP contribution < -0.4 is 0 Å². The minimum atomic E-state index is -0.257. The van der Waals surface area contributed by atoms with Gasteiger partial charge in [-0.2, -0.15) is 5.26 Å². The number of pyridine rings is 1. The molecule has 68 valence electrons. The summed E-state index contributed by atoms with van der Waals surface area (Å²) in [6, 6.07) is 8.85. The second-order valence-electron chi connectivity index (χ2n) is 2.75. The lowest BCUT2D eigenvalue weighted by molar-refractivity contribution is 0.472. The Hall–Kier alpha value is -1.79. The van der Waals surface area contributed by atoms with Crippen LogP contribution in [0.1, 0.15) is 5.69 Å². The maximum atomic E-state index is 9.48. The lowest BCUT2D eigenvalue weighted by atomic mass is 10.2. The molecule has 2 aromatic rings. The van der Waals surface area contributed by atoms with Gasteiger partial charge in [0.05, 0.1) is 10.5 Å². The van der Waals surface area contributed by atoms with Crippen molar-refractivity contribution in [3.05, 3.63) is 35.0 Å². The molecular formula is C10H5ClN2O. The fourth-order valence-corrected chi connectivity index (χ4v) is 1.49. The number of nitrogens with zero attached hydrogens (tertiary/aromatic N) is 2. The summed E-state index contributed by atoms with van der Waals surface area (Å²) >= 11 is 5.87. The second-order valence-corrected chi connectivity index (χ2v) is 3.13. The van der Waals surface area contributed by atoms with Crippen LogP contribution in [0.5, 0.6) is 5.75 Å². The van der Waals surface area contributed by atoms with Crippen molar-refractivity contribution in [2.45, 2.75) is 0 Å². The van der Waals surface area contributed by atoms with E-state index in [4.69, 9.17) is 16.9 Å². The molecule has 3 nitrogen and oxygen atoms in total. The Morgan fingerprint density at radius 2 is 2.07 bits per heavy atom. The van der Waals surface area contributed by atoms with Crippen LogP contribution in [0.15, 0.2) is 24.3 Å². The van der Waals surface area contributed by atoms with Crippen molar-refractivity contribution in [3.8, 4) is 11.8 Å². The van der Waals surface area contributed by atoms with Crippen molar-refractivity contribution in [3.63, 3.8) is 0 Å². The van der Waals surface area contributed by atoms with Crippen molar-refractivity contribution < 1.29 is 5.11 Å². The lowest BCUT2D eigenvalue weighted by Gasteiger charge is -2.02. The normalized spacial score (nSPS) is 10.0. The van der Waals surface area contributed by atoms with Gasteiger partial charge in [0.2, 0.25) is 0 Å². The molecule has 0 radical (unpaired) electrons. The van der Waals surface area contributed by atoms with Gasteiger partial charge in [-0.1, -0.05) is 29.8 Å². The molecule has 4 heteroatoms. The predicted molar refractivity (Wildman–Crippen MR) is 53.1 cm³/mol. The molecule has 0 aliphatic heterocycles. The van der Waals surface area contributed by atoms with E-state index < -0.39 is 0 Å². The molecule has 0 aliphatic rings. The fraction of sp³-hybridized carbons (Fsp3) is 0. The minimum absolute atomic E-state index is 0.0475. The molecule has 0 bridgehead atoms. The molecule has 2 rings (SSSR count). The molecule has 14 heavy (non-hydrogen) atoms. The van der Waals surface area contributed by atoms with Crippen LogP contribution in [0.4, 0.5) is 0 Å². The highest BCUT2D eigenvalue weighted by molar-refractivity contribution is 6.36. The molecule has 1 heterocycles. The molecule has 0 unspecified atom stereocenters. The second kappa shape index (κ2) is 3.17. The van der Waals surface area contributed by atoms with E-state index in [0.29, 0.717) is 10.9 Å². The number of benzene rings is 1. The number of halogens is 1. The van der Waals surface area contributed by atoms with E-state index in [1.54, 1.807) is 30.3 Å². The summed E-state index contributed by atoms with van der Waals surface area (Å²) in [5.41, 5.74) is 0.556. The van der Waals surface area contributed by atoms with Gasteiger partial charge in [-0.3, -0.25) is 0 Å². The number of hydrogen-bond acceptors (Lipinski definition) is 3. The molecule has 0 saturated heterocycles. The third-order valence-electron chi connectivity index (χ3n) is 1.91. The monoisotopic (exact) mass is 204 g/mol. The van der Waals surface area contributed by atoms with Crippen LogP contribution in [0, 0.1) is 11.3 Å². The van der Waals surface area contributed by atoms with E-state index in [1.165, 1.54) is 0 Å². The van der Waals surface area contributed by atoms with Gasteiger partial charge < -0.3 is 5.11 Å². The fourth-order valence-electron chi connectivity index (χ4n) is 1.24. The molecular weight excluding hydrogens is 200 g/mol. The number of fused-ring (bicyclic) bond motifs is 1. The standard InChI is InChI=1S/C10H5ClN2O/c11-9-6-3-1-2-4-7(6)13-8(5-12)10(9)14/h1-4,14H. The van der Waals surface area contributed by atoms with Crippen LogP contribution in [0.25, 0.3) is 10.9 Å². The summed E-state index contributed by atoms with van der Waals surface area (Å²) in [6.07, 6.45) is 0. The number of hydrogen-bond donors (Lipinski definition) is 1. The molecule has 0 aliphatic carbocycles. The van der Waals surface area contributed by atoms with Crippen LogP contribution >= 0.6 is 11.6 Å². The molecule has 0 saturated carbocycles. The summed E-state index contributed by atoms with van der Waals surface area (Å²) in [5.74, 6) is -0.257. The SMILES string of the molecule is N#Cc1nc2ccccc2c(Cl)c1O. The number of rotatable bonds is 0. The predicted octanol–water partition coefficient (Wildman–Crippen LogP) is 2.47. The summed E-state index contributed by atoms with van der Waals surface area (Å²) < 4.78 is 0. The van der Waals surface area contributed by atoms with E-state index in [9.17, 15) is 5.11 Å². The van der Waals surface area contributed by atoms with Gasteiger partial charge in [0.15, 0.2) is 11.4 Å². The maximum absolute atomic E-state index is 9.48. The summed E-state index contributed by atoms with van der Waals surface area (Å²) in [6.45, 7) is 0. The molecule has 1 aromatic carbocycles. The number of para-hydroxylation sites is 1. The van der Waals surface area contributed by atoms with Crippen LogP contribution in [-0.2, 0) is 0 Å². The molecule has 0 atom stereocenters. The first-order valence-electron chi connectivity index (χ1n) is 3.91. The van der Waals surface area contributed by atoms with Crippen molar-refractivity contribution >= 4 is 22.5 Å². The van der Waals surface area contributed by atoms with Crippen molar-refractivity contribution in [1.29, 1.82) is 5.26 Å². The molecule has 1 N–H and O–H groups in total. The van der Waals surface area contributed by atoms with Crippen molar-refractivity contribution in [2.24, 2.45) is 0 Å². The largest absolute Gasteiger partial charge is 0.504 e. The van der Waals surface area contributed by atoms with Gasteiger partial charge in [0, 0.05) is 5.39 Å². The zero-order valence-electron chi connectivity index (χ0n) is 7.03. The zero-order chi connectivity index (χ0) is 10.1. The van der Waals surface area contributed by atoms with Gasteiger partial charge in [-0.15, -0.1) is 0 Å². The Bertz CT molecular complexity index is 546. The first kappa shape index (κ1) is 8.79. The first-order valence-corrected chi connectivity index (χ1v) is 4.29. The lowest BCUT2D eigenvalue weighted by Crippen LogP contribution is -1.87.